The van der Waals surface area contributed by atoms with E-state index in [9.17, 15) is 0 Å². The van der Waals surface area contributed by atoms with E-state index >= 15 is 0 Å². The molecule has 0 aromatic rings. The molecule has 0 aromatic heterocycles. The lowest BCUT2D eigenvalue weighted by Crippen LogP contribution is -2.34. The molecular weight excluding hydrogens is 202 g/mol. The highest BCUT2D eigenvalue weighted by Crippen LogP contribution is 1.87. The zero-order valence-corrected chi connectivity index (χ0v) is 15.9. The lowest BCUT2D eigenvalue weighted by molar-refractivity contribution is 1.06. The van der Waals surface area contributed by atoms with Gasteiger partial charge in [0.15, 0.2) is 0 Å². The highest BCUT2D eigenvalue weighted by molar-refractivity contribution is 6.70. The number of hydrogen-bond acceptors (Lipinski definition) is 1. The molecule has 0 amide bonds. The van der Waals surface area contributed by atoms with Gasteiger partial charge >= 0.3 is 0 Å². The van der Waals surface area contributed by atoms with E-state index in [2.05, 4.69) is 10.8 Å². The molecule has 0 fully saturated rings. The molecule has 0 aromatic carbocycles. The Hall–Kier alpha value is 1.04. The van der Waals surface area contributed by atoms with E-state index in [1.165, 1.54) is 26.5 Å². The third kappa shape index (κ3) is 5.80. The van der Waals surface area contributed by atoms with Gasteiger partial charge in [0, 0.05) is 20.5 Å². The molecule has 0 N–H and O–H groups in total. The van der Waals surface area contributed by atoms with Gasteiger partial charge in [0.25, 0.3) is 0 Å². The van der Waals surface area contributed by atoms with Crippen LogP contribution in [0.2, 0.25) is 17.4 Å². The van der Waals surface area contributed by atoms with Crippen LogP contribution in [-0.4, -0.2) is 53.4 Å². The third-order valence-corrected chi connectivity index (χ3v) is 13.2. The van der Waals surface area contributed by atoms with E-state index in [1.54, 1.807) is 11.3 Å². The van der Waals surface area contributed by atoms with E-state index < -0.39 is 0 Å². The minimum absolute atomic E-state index is 0.315. The Morgan fingerprint density at radius 1 is 1.10 bits per heavy atom. The van der Waals surface area contributed by atoms with Crippen molar-refractivity contribution in [1.82, 2.24) is 3.90 Å². The van der Waals surface area contributed by atoms with Crippen LogP contribution >= 0.6 is 0 Å². The molecule has 0 saturated carbocycles. The van der Waals surface area contributed by atoms with E-state index in [0.717, 1.165) is 0 Å². The molecule has 62 valence electrons. The van der Waals surface area contributed by atoms with Gasteiger partial charge in [-0.15, -0.1) is 0 Å². The van der Waals surface area contributed by atoms with Gasteiger partial charge in [0.2, 0.25) is 0 Å². The maximum Gasteiger partial charge on any atom is 0.0799 e. The van der Waals surface area contributed by atoms with Crippen LogP contribution < -0.4 is 0 Å². The summed E-state index contributed by atoms with van der Waals surface area (Å²) in [5, 5.41) is 0. The minimum Gasteiger partial charge on any atom is -0.383 e. The van der Waals surface area contributed by atoms with E-state index in [4.69, 9.17) is 0 Å². The highest BCUT2D eigenvalue weighted by Gasteiger charge is 1.99. The molecular formula is C4H21NSi5. The molecule has 0 radical (unpaired) electrons. The largest absolute Gasteiger partial charge is 0.383 e. The summed E-state index contributed by atoms with van der Waals surface area (Å²) in [5.41, 5.74) is 3.31. The molecule has 0 aliphatic carbocycles. The molecule has 0 spiro atoms. The molecule has 0 aliphatic heterocycles. The molecule has 0 atom stereocenters. The summed E-state index contributed by atoms with van der Waals surface area (Å²) in [5.74, 6) is 0. The lowest BCUT2D eigenvalue weighted by Gasteiger charge is -2.19. The SMILES string of the molecule is CC[SiH2]N([SiH2]C[SiH3])[SiH2]C[SiH3]. The summed E-state index contributed by atoms with van der Waals surface area (Å²) in [4.78, 5) is 0. The van der Waals surface area contributed by atoms with Gasteiger partial charge in [0.05, 0.1) is 29.0 Å². The quantitative estimate of drug-likeness (QED) is 0.422. The Morgan fingerprint density at radius 3 is 1.90 bits per heavy atom. The van der Waals surface area contributed by atoms with E-state index in [1.807, 2.05) is 0 Å². The number of rotatable bonds is 6. The second-order valence-corrected chi connectivity index (χ2v) is 18.5. The van der Waals surface area contributed by atoms with Crippen molar-refractivity contribution in [2.45, 2.75) is 24.3 Å². The molecule has 0 rings (SSSR count). The van der Waals surface area contributed by atoms with Crippen LogP contribution in [0.3, 0.4) is 0 Å². The van der Waals surface area contributed by atoms with Crippen molar-refractivity contribution < 1.29 is 0 Å². The van der Waals surface area contributed by atoms with Gasteiger partial charge < -0.3 is 3.90 Å². The first kappa shape index (κ1) is 11.0. The summed E-state index contributed by atoms with van der Waals surface area (Å²) in [6.07, 6.45) is 0. The van der Waals surface area contributed by atoms with Crippen LogP contribution in [0.4, 0.5) is 0 Å². The van der Waals surface area contributed by atoms with Gasteiger partial charge in [-0.1, -0.05) is 24.3 Å². The van der Waals surface area contributed by atoms with Crippen molar-refractivity contribution in [2.75, 3.05) is 0 Å². The first-order valence-electron chi connectivity index (χ1n) is 4.57. The second kappa shape index (κ2) is 8.14. The molecule has 0 saturated heterocycles. The summed E-state index contributed by atoms with van der Waals surface area (Å²) in [7, 11) is 3.98. The standard InChI is InChI=1S/C4H21NSi5/c1-2-8-5(9-3-6)10-4-7/h2-4,8-10H2,1,6-7H3. The van der Waals surface area contributed by atoms with Crippen LogP contribution in [-0.2, 0) is 0 Å². The van der Waals surface area contributed by atoms with Crippen molar-refractivity contribution in [3.8, 4) is 0 Å². The molecule has 0 aliphatic rings. The second-order valence-electron chi connectivity index (χ2n) is 2.84. The Morgan fingerprint density at radius 2 is 1.60 bits per heavy atom. The van der Waals surface area contributed by atoms with Crippen LogP contribution in [0.5, 0.6) is 0 Å². The summed E-state index contributed by atoms with van der Waals surface area (Å²) >= 11 is 0. The normalized spacial score (nSPS) is 15.0. The van der Waals surface area contributed by atoms with Gasteiger partial charge in [0.1, 0.15) is 0 Å². The Kier molecular flexibility index (Phi) is 8.99. The average molecular weight is 224 g/mol. The first-order chi connectivity index (χ1) is 4.85. The number of hydrogen-bond donors (Lipinski definition) is 0. The smallest absolute Gasteiger partial charge is 0.0799 e. The zero-order valence-electron chi connectivity index (χ0n) is 7.69. The predicted octanol–water partition coefficient (Wildman–Crippen LogP) is -3.54. The Bertz CT molecular complexity index is 56.4. The fourth-order valence-electron chi connectivity index (χ4n) is 1.28. The Balaban J connectivity index is 3.30. The van der Waals surface area contributed by atoms with Crippen molar-refractivity contribution in [3.63, 3.8) is 0 Å². The monoisotopic (exact) mass is 223 g/mol. The van der Waals surface area contributed by atoms with Crippen LogP contribution in [0.1, 0.15) is 6.92 Å². The van der Waals surface area contributed by atoms with Gasteiger partial charge in [-0.3, -0.25) is 0 Å². The van der Waals surface area contributed by atoms with E-state index in [-0.39, 0.29) is 0 Å². The van der Waals surface area contributed by atoms with Crippen LogP contribution in [0.15, 0.2) is 0 Å². The molecule has 0 heterocycles. The summed E-state index contributed by atoms with van der Waals surface area (Å²) in [6.45, 7) is 2.38. The minimum atomic E-state index is 0.315. The van der Waals surface area contributed by atoms with Crippen molar-refractivity contribution >= 4 is 49.5 Å². The number of nitrogens with zero attached hydrogens (tertiary/aromatic N) is 1. The van der Waals surface area contributed by atoms with Gasteiger partial charge in [-0.2, -0.15) is 0 Å². The lowest BCUT2D eigenvalue weighted by atomic mass is 11.0. The van der Waals surface area contributed by atoms with Crippen LogP contribution in [0.25, 0.3) is 0 Å². The van der Waals surface area contributed by atoms with Crippen molar-refractivity contribution in [3.05, 3.63) is 0 Å². The molecule has 1 nitrogen and oxygen atoms in total. The fourth-order valence-corrected chi connectivity index (χ4v) is 22.9. The Labute approximate surface area is 77.9 Å². The third-order valence-electron chi connectivity index (χ3n) is 1.62. The molecule has 0 unspecified atom stereocenters. The van der Waals surface area contributed by atoms with Crippen molar-refractivity contribution in [1.29, 1.82) is 0 Å². The zero-order chi connectivity index (χ0) is 7.82. The first-order valence-corrected chi connectivity index (χ1v) is 12.3. The summed E-state index contributed by atoms with van der Waals surface area (Å²) < 4.78 is 3.03. The highest BCUT2D eigenvalue weighted by atomic mass is 28.4. The average Bonchev–Trinajstić information content (AvgIpc) is 1.90. The van der Waals surface area contributed by atoms with Gasteiger partial charge in [-0.25, -0.2) is 0 Å². The van der Waals surface area contributed by atoms with Crippen molar-refractivity contribution in [2.24, 2.45) is 0 Å². The summed E-state index contributed by atoms with van der Waals surface area (Å²) in [6, 6.07) is 1.53. The molecule has 0 bridgehead atoms. The maximum absolute atomic E-state index is 3.03. The van der Waals surface area contributed by atoms with Crippen LogP contribution in [0, 0.1) is 0 Å². The fraction of sp³-hybridized carbons (Fsp3) is 1.00. The predicted molar refractivity (Wildman–Crippen MR) is 67.4 cm³/mol. The maximum atomic E-state index is 3.03. The molecule has 10 heavy (non-hydrogen) atoms. The van der Waals surface area contributed by atoms with Gasteiger partial charge in [-0.05, 0) is 0 Å². The molecule has 6 heteroatoms. The topological polar surface area (TPSA) is 3.24 Å². The van der Waals surface area contributed by atoms with E-state index in [0.29, 0.717) is 29.0 Å².